The SMILES string of the molecule is CCOC(=O)C1=C(C)N=c2sc(=Cc3ccc4c(c3)OCO4)c(=O)n2[C@H]1c1ccc(N(C)C)cc1. The Balaban J connectivity index is 1.67. The molecule has 5 rings (SSSR count). The molecule has 0 saturated carbocycles. The van der Waals surface area contributed by atoms with Gasteiger partial charge in [-0.3, -0.25) is 9.36 Å². The van der Waals surface area contributed by atoms with Gasteiger partial charge in [0.15, 0.2) is 16.3 Å². The zero-order chi connectivity index (χ0) is 24.7. The molecule has 3 heterocycles. The minimum atomic E-state index is -0.639. The highest BCUT2D eigenvalue weighted by Crippen LogP contribution is 2.33. The van der Waals surface area contributed by atoms with Gasteiger partial charge in [0.1, 0.15) is 0 Å². The van der Waals surface area contributed by atoms with E-state index in [9.17, 15) is 9.59 Å². The highest BCUT2D eigenvalue weighted by atomic mass is 32.1. The Kier molecular flexibility index (Phi) is 5.94. The van der Waals surface area contributed by atoms with Crippen molar-refractivity contribution in [3.63, 3.8) is 0 Å². The summed E-state index contributed by atoms with van der Waals surface area (Å²) >= 11 is 1.29. The van der Waals surface area contributed by atoms with Crippen LogP contribution in [0.1, 0.15) is 31.0 Å². The third-order valence-electron chi connectivity index (χ3n) is 5.94. The fourth-order valence-corrected chi connectivity index (χ4v) is 5.26. The lowest BCUT2D eigenvalue weighted by molar-refractivity contribution is -0.139. The van der Waals surface area contributed by atoms with Crippen LogP contribution in [0.15, 0.2) is 63.5 Å². The highest BCUT2D eigenvalue weighted by molar-refractivity contribution is 7.07. The normalized spacial score (nSPS) is 16.7. The van der Waals surface area contributed by atoms with Crippen molar-refractivity contribution in [1.29, 1.82) is 0 Å². The van der Waals surface area contributed by atoms with E-state index in [4.69, 9.17) is 14.2 Å². The van der Waals surface area contributed by atoms with E-state index in [-0.39, 0.29) is 19.0 Å². The molecule has 35 heavy (non-hydrogen) atoms. The fourth-order valence-electron chi connectivity index (χ4n) is 4.22. The van der Waals surface area contributed by atoms with Gasteiger partial charge < -0.3 is 19.1 Å². The summed E-state index contributed by atoms with van der Waals surface area (Å²) in [4.78, 5) is 33.8. The Morgan fingerprint density at radius 1 is 1.20 bits per heavy atom. The van der Waals surface area contributed by atoms with Crippen molar-refractivity contribution < 1.29 is 19.0 Å². The first kappa shape index (κ1) is 22.9. The van der Waals surface area contributed by atoms with Gasteiger partial charge in [0, 0.05) is 19.8 Å². The number of allylic oxidation sites excluding steroid dienone is 1. The number of anilines is 1. The number of benzene rings is 2. The number of carbonyl (C=O) groups excluding carboxylic acids is 1. The Morgan fingerprint density at radius 3 is 2.66 bits per heavy atom. The molecule has 2 aliphatic heterocycles. The lowest BCUT2D eigenvalue weighted by atomic mass is 9.95. The van der Waals surface area contributed by atoms with E-state index < -0.39 is 12.0 Å². The van der Waals surface area contributed by atoms with Crippen molar-refractivity contribution in [3.8, 4) is 11.5 Å². The van der Waals surface area contributed by atoms with Crippen molar-refractivity contribution in [2.75, 3.05) is 32.4 Å². The number of fused-ring (bicyclic) bond motifs is 2. The number of ether oxygens (including phenoxy) is 3. The molecule has 0 radical (unpaired) electrons. The number of hydrogen-bond acceptors (Lipinski definition) is 8. The third-order valence-corrected chi connectivity index (χ3v) is 6.92. The van der Waals surface area contributed by atoms with Crippen molar-refractivity contribution >= 4 is 29.1 Å². The quantitative estimate of drug-likeness (QED) is 0.511. The largest absolute Gasteiger partial charge is 0.463 e. The van der Waals surface area contributed by atoms with Gasteiger partial charge in [-0.15, -0.1) is 0 Å². The van der Waals surface area contributed by atoms with Crippen LogP contribution in [0.4, 0.5) is 5.69 Å². The Morgan fingerprint density at radius 2 is 1.94 bits per heavy atom. The second-order valence-electron chi connectivity index (χ2n) is 8.40. The number of aromatic nitrogens is 1. The molecular formula is C26H25N3O5S. The molecule has 9 heteroatoms. The number of carbonyl (C=O) groups is 1. The first-order valence-electron chi connectivity index (χ1n) is 11.2. The van der Waals surface area contributed by atoms with Crippen molar-refractivity contribution in [3.05, 3.63) is 84.5 Å². The first-order valence-corrected chi connectivity index (χ1v) is 12.1. The molecule has 0 aliphatic carbocycles. The number of hydrogen-bond donors (Lipinski definition) is 0. The van der Waals surface area contributed by atoms with Crippen LogP contribution in [0, 0.1) is 0 Å². The number of thiazole rings is 1. The molecule has 3 aromatic rings. The van der Waals surface area contributed by atoms with Crippen LogP contribution in [0.5, 0.6) is 11.5 Å². The number of nitrogens with zero attached hydrogens (tertiary/aromatic N) is 3. The number of esters is 1. The second-order valence-corrected chi connectivity index (χ2v) is 9.41. The second kappa shape index (κ2) is 9.07. The topological polar surface area (TPSA) is 82.4 Å². The summed E-state index contributed by atoms with van der Waals surface area (Å²) in [5, 5.41) is 0. The van der Waals surface area contributed by atoms with E-state index in [0.717, 1.165) is 16.8 Å². The monoisotopic (exact) mass is 491 g/mol. The van der Waals surface area contributed by atoms with E-state index in [1.54, 1.807) is 24.5 Å². The number of rotatable bonds is 5. The minimum Gasteiger partial charge on any atom is -0.463 e. The van der Waals surface area contributed by atoms with Crippen LogP contribution in [0.3, 0.4) is 0 Å². The third kappa shape index (κ3) is 4.12. The molecule has 0 bridgehead atoms. The van der Waals surface area contributed by atoms with Crippen molar-refractivity contribution in [2.24, 2.45) is 4.99 Å². The predicted octanol–water partition coefficient (Wildman–Crippen LogP) is 2.59. The van der Waals surface area contributed by atoms with Gasteiger partial charge in [-0.25, -0.2) is 9.79 Å². The summed E-state index contributed by atoms with van der Waals surface area (Å²) in [6, 6.07) is 12.7. The van der Waals surface area contributed by atoms with Crippen LogP contribution >= 0.6 is 11.3 Å². The van der Waals surface area contributed by atoms with Crippen LogP contribution in [0.2, 0.25) is 0 Å². The molecule has 0 unspecified atom stereocenters. The maximum atomic E-state index is 13.7. The maximum absolute atomic E-state index is 13.7. The maximum Gasteiger partial charge on any atom is 0.338 e. The summed E-state index contributed by atoms with van der Waals surface area (Å²) in [7, 11) is 3.92. The lowest BCUT2D eigenvalue weighted by Gasteiger charge is -2.25. The lowest BCUT2D eigenvalue weighted by Crippen LogP contribution is -2.39. The standard InChI is InChI=1S/C26H25N3O5S/c1-5-32-25(31)22-15(2)27-26-29(23(22)17-7-9-18(10-8-17)28(3)4)24(30)21(35-26)13-16-6-11-19-20(12-16)34-14-33-19/h6-13,23H,5,14H2,1-4H3/t23-/m0/s1. The molecule has 2 aromatic carbocycles. The molecule has 8 nitrogen and oxygen atoms in total. The Hall–Kier alpha value is -3.85. The van der Waals surface area contributed by atoms with Gasteiger partial charge >= 0.3 is 5.97 Å². The minimum absolute atomic E-state index is 0.184. The molecule has 0 N–H and O–H groups in total. The molecular weight excluding hydrogens is 466 g/mol. The highest BCUT2D eigenvalue weighted by Gasteiger charge is 2.33. The average Bonchev–Trinajstić information content (AvgIpc) is 3.42. The average molecular weight is 492 g/mol. The molecule has 0 amide bonds. The van der Waals surface area contributed by atoms with Crippen LogP contribution < -0.4 is 29.3 Å². The van der Waals surface area contributed by atoms with E-state index in [1.165, 1.54) is 11.3 Å². The summed E-state index contributed by atoms with van der Waals surface area (Å²) in [5.41, 5.74) is 3.33. The predicted molar refractivity (Wildman–Crippen MR) is 134 cm³/mol. The Bertz CT molecular complexity index is 1520. The summed E-state index contributed by atoms with van der Waals surface area (Å²) in [5.74, 6) is 0.853. The van der Waals surface area contributed by atoms with Crippen molar-refractivity contribution in [2.45, 2.75) is 19.9 Å². The van der Waals surface area contributed by atoms with Crippen LogP contribution in [-0.4, -0.2) is 38.0 Å². The van der Waals surface area contributed by atoms with Gasteiger partial charge in [-0.2, -0.15) is 0 Å². The van der Waals surface area contributed by atoms with Gasteiger partial charge in [0.25, 0.3) is 5.56 Å². The fraction of sp³-hybridized carbons (Fsp3) is 0.269. The summed E-state index contributed by atoms with van der Waals surface area (Å²) in [6.45, 7) is 3.96. The van der Waals surface area contributed by atoms with Gasteiger partial charge in [-0.05, 0) is 55.3 Å². The van der Waals surface area contributed by atoms with Crippen molar-refractivity contribution in [1.82, 2.24) is 4.57 Å². The van der Waals surface area contributed by atoms with Crippen LogP contribution in [0.25, 0.3) is 6.08 Å². The smallest absolute Gasteiger partial charge is 0.338 e. The van der Waals surface area contributed by atoms with Gasteiger partial charge in [0.05, 0.1) is 28.5 Å². The summed E-state index contributed by atoms with van der Waals surface area (Å²) < 4.78 is 18.3. The zero-order valence-corrected chi connectivity index (χ0v) is 20.7. The van der Waals surface area contributed by atoms with Gasteiger partial charge in [0.2, 0.25) is 6.79 Å². The first-order chi connectivity index (χ1) is 16.9. The van der Waals surface area contributed by atoms with E-state index in [1.807, 2.05) is 61.5 Å². The molecule has 1 aromatic heterocycles. The van der Waals surface area contributed by atoms with Crippen LogP contribution in [-0.2, 0) is 9.53 Å². The molecule has 0 fully saturated rings. The molecule has 0 saturated heterocycles. The zero-order valence-electron chi connectivity index (χ0n) is 19.9. The van der Waals surface area contributed by atoms with E-state index >= 15 is 0 Å². The molecule has 2 aliphatic rings. The molecule has 0 spiro atoms. The van der Waals surface area contributed by atoms with E-state index in [0.29, 0.717) is 32.1 Å². The Labute approximate surface area is 206 Å². The molecule has 180 valence electrons. The summed E-state index contributed by atoms with van der Waals surface area (Å²) in [6.07, 6.45) is 1.81. The molecule has 1 atom stereocenters. The van der Waals surface area contributed by atoms with E-state index in [2.05, 4.69) is 4.99 Å². The van der Waals surface area contributed by atoms with Gasteiger partial charge in [-0.1, -0.05) is 29.5 Å².